The highest BCUT2D eigenvalue weighted by atomic mass is 35.5. The Kier molecular flexibility index (Phi) is 4.30. The standard InChI is InChI=1S/C6H11Cl4N2O2P/c7-5(8)2-1-3-6(9,10)4(5)14-15(11,12)13/h4H,1-3H2,(H4,11,12,13). The maximum Gasteiger partial charge on any atom is 0.335 e. The summed E-state index contributed by atoms with van der Waals surface area (Å²) in [5.74, 6) is 0. The van der Waals surface area contributed by atoms with Crippen molar-refractivity contribution >= 4 is 54.1 Å². The van der Waals surface area contributed by atoms with E-state index >= 15 is 0 Å². The lowest BCUT2D eigenvalue weighted by atomic mass is 9.95. The molecule has 0 atom stereocenters. The Hall–Kier alpha value is 1.27. The van der Waals surface area contributed by atoms with Gasteiger partial charge in [0.2, 0.25) is 0 Å². The zero-order chi connectivity index (χ0) is 11.9. The summed E-state index contributed by atoms with van der Waals surface area (Å²) >= 11 is 23.9. The molecular weight excluding hydrogens is 305 g/mol. The largest absolute Gasteiger partial charge is 0.335 e. The molecule has 1 rings (SSSR count). The van der Waals surface area contributed by atoms with Crippen LogP contribution in [0, 0.1) is 0 Å². The summed E-state index contributed by atoms with van der Waals surface area (Å²) in [7, 11) is -3.73. The predicted molar refractivity (Wildman–Crippen MR) is 63.6 cm³/mol. The molecule has 0 radical (unpaired) electrons. The molecule has 0 aromatic rings. The summed E-state index contributed by atoms with van der Waals surface area (Å²) in [6.07, 6.45) is 0.398. The van der Waals surface area contributed by atoms with Gasteiger partial charge in [0, 0.05) is 0 Å². The molecule has 0 saturated heterocycles. The minimum absolute atomic E-state index is 0.419. The zero-order valence-electron chi connectivity index (χ0n) is 7.63. The molecule has 0 aromatic carbocycles. The van der Waals surface area contributed by atoms with E-state index in [4.69, 9.17) is 61.9 Å². The summed E-state index contributed by atoms with van der Waals surface area (Å²) < 4.78 is 13.4. The molecule has 0 amide bonds. The molecule has 9 heteroatoms. The van der Waals surface area contributed by atoms with Crippen LogP contribution < -0.4 is 11.0 Å². The van der Waals surface area contributed by atoms with Crippen LogP contribution >= 0.6 is 54.1 Å². The Morgan fingerprint density at radius 3 is 1.87 bits per heavy atom. The van der Waals surface area contributed by atoms with Crippen LogP contribution in [0.4, 0.5) is 0 Å². The fraction of sp³-hybridized carbons (Fsp3) is 1.00. The van der Waals surface area contributed by atoms with Crippen molar-refractivity contribution in [3.05, 3.63) is 0 Å². The zero-order valence-corrected chi connectivity index (χ0v) is 11.5. The van der Waals surface area contributed by atoms with Gasteiger partial charge < -0.3 is 0 Å². The van der Waals surface area contributed by atoms with Gasteiger partial charge in [0.25, 0.3) is 0 Å². The fourth-order valence-corrected chi connectivity index (χ4v) is 4.07. The van der Waals surface area contributed by atoms with Gasteiger partial charge in [0.05, 0.1) is 0 Å². The van der Waals surface area contributed by atoms with Crippen molar-refractivity contribution in [2.45, 2.75) is 34.0 Å². The summed E-state index contributed by atoms with van der Waals surface area (Å²) in [6.45, 7) is 0. The molecule has 15 heavy (non-hydrogen) atoms. The number of nitrogens with two attached hydrogens (primary N) is 2. The van der Waals surface area contributed by atoms with Crippen LogP contribution in [0.2, 0.25) is 0 Å². The van der Waals surface area contributed by atoms with Crippen LogP contribution in [0.15, 0.2) is 0 Å². The smallest absolute Gasteiger partial charge is 0.297 e. The molecule has 0 spiro atoms. The van der Waals surface area contributed by atoms with Crippen LogP contribution in [-0.4, -0.2) is 14.8 Å². The lowest BCUT2D eigenvalue weighted by molar-refractivity contribution is 0.136. The maximum atomic E-state index is 11.2. The van der Waals surface area contributed by atoms with Crippen molar-refractivity contribution in [2.24, 2.45) is 11.0 Å². The Morgan fingerprint density at radius 1 is 1.13 bits per heavy atom. The first kappa shape index (κ1) is 14.3. The van der Waals surface area contributed by atoms with Crippen LogP contribution in [0.1, 0.15) is 19.3 Å². The molecule has 1 fully saturated rings. The average Bonchev–Trinajstić information content (AvgIpc) is 1.95. The second-order valence-corrected chi connectivity index (χ2v) is 8.09. The lowest BCUT2D eigenvalue weighted by Gasteiger charge is -2.42. The van der Waals surface area contributed by atoms with Crippen LogP contribution in [0.5, 0.6) is 0 Å². The number of rotatable bonds is 2. The fourth-order valence-electron chi connectivity index (χ4n) is 1.45. The third kappa shape index (κ3) is 3.90. The molecule has 0 aliphatic heterocycles. The maximum absolute atomic E-state index is 11.2. The van der Waals surface area contributed by atoms with Gasteiger partial charge in [0.1, 0.15) is 14.8 Å². The van der Waals surface area contributed by atoms with E-state index < -0.39 is 22.4 Å². The molecule has 0 heterocycles. The van der Waals surface area contributed by atoms with Gasteiger partial charge in [-0.15, -0.1) is 0 Å². The highest BCUT2D eigenvalue weighted by Crippen LogP contribution is 2.53. The van der Waals surface area contributed by atoms with E-state index in [2.05, 4.69) is 0 Å². The van der Waals surface area contributed by atoms with Crippen molar-refractivity contribution in [2.75, 3.05) is 0 Å². The van der Waals surface area contributed by atoms with E-state index in [1.54, 1.807) is 0 Å². The lowest BCUT2D eigenvalue weighted by Crippen LogP contribution is -2.50. The van der Waals surface area contributed by atoms with Crippen LogP contribution in [0.3, 0.4) is 0 Å². The summed E-state index contributed by atoms with van der Waals surface area (Å²) in [5, 5.41) is 0. The average molecular weight is 316 g/mol. The van der Waals surface area contributed by atoms with E-state index in [0.29, 0.717) is 19.3 Å². The molecule has 1 saturated carbocycles. The summed E-state index contributed by atoms with van der Waals surface area (Å²) in [6, 6.07) is 0. The van der Waals surface area contributed by atoms with Crippen molar-refractivity contribution in [3.8, 4) is 0 Å². The van der Waals surface area contributed by atoms with E-state index in [9.17, 15) is 4.57 Å². The van der Waals surface area contributed by atoms with Crippen LogP contribution in [-0.2, 0) is 9.09 Å². The van der Waals surface area contributed by atoms with E-state index in [0.717, 1.165) is 0 Å². The first-order chi connectivity index (χ1) is 6.55. The van der Waals surface area contributed by atoms with Gasteiger partial charge in [0.15, 0.2) is 0 Å². The van der Waals surface area contributed by atoms with Gasteiger partial charge in [-0.1, -0.05) is 46.4 Å². The SMILES string of the molecule is NP(N)(=O)OC1C(Cl)(Cl)CCCC1(Cl)Cl. The number of halogens is 4. The second-order valence-electron chi connectivity index (χ2n) is 3.51. The van der Waals surface area contributed by atoms with Gasteiger partial charge in [-0.05, 0) is 19.3 Å². The third-order valence-electron chi connectivity index (χ3n) is 2.06. The Morgan fingerprint density at radius 2 is 1.53 bits per heavy atom. The third-order valence-corrected chi connectivity index (χ3v) is 4.15. The van der Waals surface area contributed by atoms with E-state index in [-0.39, 0.29) is 0 Å². The molecule has 1 aliphatic rings. The minimum Gasteiger partial charge on any atom is -0.297 e. The molecule has 0 aromatic heterocycles. The first-order valence-corrected chi connectivity index (χ1v) is 7.43. The summed E-state index contributed by atoms with van der Waals surface area (Å²) in [4.78, 5) is 0. The van der Waals surface area contributed by atoms with Gasteiger partial charge in [-0.25, -0.2) is 11.0 Å². The number of hydrogen-bond acceptors (Lipinski definition) is 2. The highest BCUT2D eigenvalue weighted by Gasteiger charge is 2.53. The predicted octanol–water partition coefficient (Wildman–Crippen LogP) is 2.93. The molecule has 4 N–H and O–H groups in total. The highest BCUT2D eigenvalue weighted by molar-refractivity contribution is 7.53. The molecule has 90 valence electrons. The molecule has 0 unspecified atom stereocenters. The molecule has 1 aliphatic carbocycles. The topological polar surface area (TPSA) is 78.3 Å². The Bertz CT molecular complexity index is 277. The Balaban J connectivity index is 2.92. The molecule has 4 nitrogen and oxygen atoms in total. The van der Waals surface area contributed by atoms with Crippen molar-refractivity contribution in [1.82, 2.24) is 0 Å². The quantitative estimate of drug-likeness (QED) is 0.606. The van der Waals surface area contributed by atoms with Gasteiger partial charge in [-0.2, -0.15) is 0 Å². The Labute approximate surface area is 108 Å². The molecular formula is C6H11Cl4N2O2P. The normalized spacial score (nSPS) is 26.5. The van der Waals surface area contributed by atoms with E-state index in [1.165, 1.54) is 0 Å². The van der Waals surface area contributed by atoms with Crippen molar-refractivity contribution in [1.29, 1.82) is 0 Å². The second kappa shape index (κ2) is 4.51. The molecule has 0 bridgehead atoms. The van der Waals surface area contributed by atoms with Gasteiger partial charge >= 0.3 is 7.67 Å². The van der Waals surface area contributed by atoms with Crippen molar-refractivity contribution < 1.29 is 9.09 Å². The number of alkyl halides is 4. The first-order valence-electron chi connectivity index (χ1n) is 4.16. The summed E-state index contributed by atoms with van der Waals surface area (Å²) in [5.41, 5.74) is 10.2. The number of hydrogen-bond donors (Lipinski definition) is 2. The van der Waals surface area contributed by atoms with Crippen molar-refractivity contribution in [3.63, 3.8) is 0 Å². The minimum atomic E-state index is -3.73. The van der Waals surface area contributed by atoms with Crippen LogP contribution in [0.25, 0.3) is 0 Å². The van der Waals surface area contributed by atoms with E-state index in [1.807, 2.05) is 0 Å². The monoisotopic (exact) mass is 314 g/mol. The van der Waals surface area contributed by atoms with Gasteiger partial charge in [-0.3, -0.25) is 9.09 Å².